The van der Waals surface area contributed by atoms with Crippen LogP contribution in [0.2, 0.25) is 0 Å². The van der Waals surface area contributed by atoms with Crippen LogP contribution < -0.4 is 14.2 Å². The third kappa shape index (κ3) is 3.38. The second-order valence-corrected chi connectivity index (χ2v) is 5.85. The zero-order valence-corrected chi connectivity index (χ0v) is 14.7. The lowest BCUT2D eigenvalue weighted by atomic mass is 10.0. The van der Waals surface area contributed by atoms with Crippen molar-refractivity contribution in [3.63, 3.8) is 0 Å². The Morgan fingerprint density at radius 2 is 1.96 bits per heavy atom. The number of hydrogen-bond acceptors (Lipinski definition) is 5. The van der Waals surface area contributed by atoms with E-state index < -0.39 is 0 Å². The zero-order chi connectivity index (χ0) is 17.8. The van der Waals surface area contributed by atoms with E-state index in [0.29, 0.717) is 18.0 Å². The van der Waals surface area contributed by atoms with Crippen molar-refractivity contribution in [2.24, 2.45) is 0 Å². The summed E-state index contributed by atoms with van der Waals surface area (Å²) >= 11 is 0. The number of carbonyl (C=O) groups excluding carboxylic acids is 1. The predicted molar refractivity (Wildman–Crippen MR) is 93.3 cm³/mol. The number of methoxy groups -OCH3 is 3. The van der Waals surface area contributed by atoms with Crippen molar-refractivity contribution in [3.05, 3.63) is 47.7 Å². The summed E-state index contributed by atoms with van der Waals surface area (Å²) in [6.45, 7) is 0.713. The molecule has 25 heavy (non-hydrogen) atoms. The molecule has 1 aliphatic rings. The van der Waals surface area contributed by atoms with Crippen LogP contribution in [0, 0.1) is 0 Å². The summed E-state index contributed by atoms with van der Waals surface area (Å²) in [4.78, 5) is 18.9. The molecule has 2 heterocycles. The van der Waals surface area contributed by atoms with Crippen molar-refractivity contribution < 1.29 is 19.0 Å². The maximum atomic E-state index is 12.9. The minimum atomic E-state index is -0.0319. The fourth-order valence-corrected chi connectivity index (χ4v) is 3.22. The van der Waals surface area contributed by atoms with Crippen LogP contribution in [0.25, 0.3) is 0 Å². The van der Waals surface area contributed by atoms with Gasteiger partial charge in [-0.2, -0.15) is 0 Å². The maximum Gasteiger partial charge on any atom is 0.255 e. The molecule has 1 fully saturated rings. The molecule has 1 saturated heterocycles. The molecule has 1 amide bonds. The Bertz CT molecular complexity index is 746. The van der Waals surface area contributed by atoms with E-state index in [1.54, 1.807) is 39.7 Å². The van der Waals surface area contributed by atoms with E-state index in [1.807, 2.05) is 23.1 Å². The molecule has 0 N–H and O–H groups in total. The number of hydrogen-bond donors (Lipinski definition) is 0. The van der Waals surface area contributed by atoms with Crippen molar-refractivity contribution in [3.8, 4) is 17.4 Å². The van der Waals surface area contributed by atoms with E-state index in [9.17, 15) is 4.79 Å². The monoisotopic (exact) mass is 342 g/mol. The van der Waals surface area contributed by atoms with Crippen molar-refractivity contribution >= 4 is 5.91 Å². The lowest BCUT2D eigenvalue weighted by Gasteiger charge is -2.26. The van der Waals surface area contributed by atoms with Crippen molar-refractivity contribution in [2.45, 2.75) is 18.9 Å². The normalized spacial score (nSPS) is 16.6. The van der Waals surface area contributed by atoms with Gasteiger partial charge >= 0.3 is 0 Å². The Kier molecular flexibility index (Phi) is 5.07. The molecule has 1 aromatic heterocycles. The molecular formula is C19H22N2O4. The van der Waals surface area contributed by atoms with Crippen LogP contribution >= 0.6 is 0 Å². The first kappa shape index (κ1) is 17.1. The second kappa shape index (κ2) is 7.42. The Morgan fingerprint density at radius 1 is 1.12 bits per heavy atom. The predicted octanol–water partition coefficient (Wildman–Crippen LogP) is 3.08. The molecule has 1 aromatic carbocycles. The first-order valence-electron chi connectivity index (χ1n) is 8.21. The summed E-state index contributed by atoms with van der Waals surface area (Å²) < 4.78 is 15.8. The average molecular weight is 342 g/mol. The molecule has 0 spiro atoms. The molecule has 0 bridgehead atoms. The van der Waals surface area contributed by atoms with Gasteiger partial charge in [-0.1, -0.05) is 0 Å². The van der Waals surface area contributed by atoms with Crippen LogP contribution in [0.15, 0.2) is 36.5 Å². The van der Waals surface area contributed by atoms with Crippen LogP contribution in [0.4, 0.5) is 0 Å². The van der Waals surface area contributed by atoms with E-state index in [0.717, 1.165) is 29.9 Å². The molecule has 0 radical (unpaired) electrons. The van der Waals surface area contributed by atoms with Crippen molar-refractivity contribution in [2.75, 3.05) is 27.9 Å². The van der Waals surface area contributed by atoms with Gasteiger partial charge in [-0.25, -0.2) is 4.98 Å². The number of pyridine rings is 1. The molecule has 132 valence electrons. The average Bonchev–Trinajstić information content (AvgIpc) is 3.16. The fraction of sp³-hybridized carbons (Fsp3) is 0.368. The topological polar surface area (TPSA) is 60.9 Å². The third-order valence-electron chi connectivity index (χ3n) is 4.51. The fourth-order valence-electron chi connectivity index (χ4n) is 3.22. The highest BCUT2D eigenvalue weighted by Crippen LogP contribution is 2.39. The smallest absolute Gasteiger partial charge is 0.255 e. The lowest BCUT2D eigenvalue weighted by Crippen LogP contribution is -2.30. The molecular weight excluding hydrogens is 320 g/mol. The number of rotatable bonds is 5. The quantitative estimate of drug-likeness (QED) is 0.836. The van der Waals surface area contributed by atoms with Gasteiger partial charge in [0.05, 0.1) is 32.9 Å². The largest absolute Gasteiger partial charge is 0.497 e. The van der Waals surface area contributed by atoms with Crippen LogP contribution in [-0.2, 0) is 0 Å². The van der Waals surface area contributed by atoms with Gasteiger partial charge in [-0.3, -0.25) is 4.79 Å². The van der Waals surface area contributed by atoms with Gasteiger partial charge in [0.25, 0.3) is 5.91 Å². The molecule has 3 rings (SSSR count). The second-order valence-electron chi connectivity index (χ2n) is 5.85. The van der Waals surface area contributed by atoms with Crippen molar-refractivity contribution in [1.82, 2.24) is 9.88 Å². The number of benzene rings is 1. The van der Waals surface area contributed by atoms with Crippen LogP contribution in [0.5, 0.6) is 17.4 Å². The minimum absolute atomic E-state index is 0.0181. The van der Waals surface area contributed by atoms with Crippen LogP contribution in [0.1, 0.15) is 34.8 Å². The molecule has 0 saturated carbocycles. The molecule has 0 aliphatic carbocycles. The molecule has 1 atom stereocenters. The van der Waals surface area contributed by atoms with Crippen LogP contribution in [-0.4, -0.2) is 43.7 Å². The number of aromatic nitrogens is 1. The highest BCUT2D eigenvalue weighted by molar-refractivity contribution is 5.94. The molecule has 0 unspecified atom stereocenters. The number of nitrogens with zero attached hydrogens (tertiary/aromatic N) is 2. The Balaban J connectivity index is 1.88. The summed E-state index contributed by atoms with van der Waals surface area (Å²) in [7, 11) is 4.81. The van der Waals surface area contributed by atoms with Crippen molar-refractivity contribution in [1.29, 1.82) is 0 Å². The van der Waals surface area contributed by atoms with Crippen LogP contribution in [0.3, 0.4) is 0 Å². The lowest BCUT2D eigenvalue weighted by molar-refractivity contribution is 0.0733. The first-order chi connectivity index (χ1) is 12.2. The summed E-state index contributed by atoms with van der Waals surface area (Å²) in [6, 6.07) is 9.15. The number of carbonyl (C=O) groups is 1. The van der Waals surface area contributed by atoms with E-state index in [4.69, 9.17) is 14.2 Å². The number of amides is 1. The third-order valence-corrected chi connectivity index (χ3v) is 4.51. The summed E-state index contributed by atoms with van der Waals surface area (Å²) in [5, 5.41) is 0. The van der Waals surface area contributed by atoms with Gasteiger partial charge in [-0.15, -0.1) is 0 Å². The standard InChI is InChI=1S/C19H22N2O4/c1-23-14-7-8-15(17(11-14)24-2)16-5-4-10-21(16)19(22)13-6-9-18(25-3)20-12-13/h6-9,11-12,16H,4-5,10H2,1-3H3/t16-/m1/s1. The maximum absolute atomic E-state index is 12.9. The van der Waals surface area contributed by atoms with E-state index >= 15 is 0 Å². The zero-order valence-electron chi connectivity index (χ0n) is 14.7. The SMILES string of the molecule is COc1ccc([C@H]2CCCN2C(=O)c2ccc(OC)nc2)c(OC)c1. The first-order valence-corrected chi connectivity index (χ1v) is 8.21. The highest BCUT2D eigenvalue weighted by Gasteiger charge is 2.32. The summed E-state index contributed by atoms with van der Waals surface area (Å²) in [5.74, 6) is 1.93. The Labute approximate surface area is 147 Å². The van der Waals surface area contributed by atoms with Gasteiger partial charge in [0.1, 0.15) is 11.5 Å². The summed E-state index contributed by atoms with van der Waals surface area (Å²) in [5.41, 5.74) is 1.55. The summed E-state index contributed by atoms with van der Waals surface area (Å²) in [6.07, 6.45) is 3.41. The Hall–Kier alpha value is -2.76. The van der Waals surface area contributed by atoms with Gasteiger partial charge in [0.2, 0.25) is 5.88 Å². The van der Waals surface area contributed by atoms with E-state index in [2.05, 4.69) is 4.98 Å². The van der Waals surface area contributed by atoms with Gasteiger partial charge < -0.3 is 19.1 Å². The molecule has 2 aromatic rings. The number of likely N-dealkylation sites (tertiary alicyclic amines) is 1. The van der Waals surface area contributed by atoms with E-state index in [-0.39, 0.29) is 11.9 Å². The van der Waals surface area contributed by atoms with Gasteiger partial charge in [-0.05, 0) is 31.0 Å². The Morgan fingerprint density at radius 3 is 2.60 bits per heavy atom. The number of ether oxygens (including phenoxy) is 3. The van der Waals surface area contributed by atoms with Gasteiger partial charge in [0.15, 0.2) is 0 Å². The minimum Gasteiger partial charge on any atom is -0.497 e. The molecule has 6 nitrogen and oxygen atoms in total. The van der Waals surface area contributed by atoms with E-state index in [1.165, 1.54) is 0 Å². The van der Waals surface area contributed by atoms with Gasteiger partial charge in [0, 0.05) is 30.4 Å². The molecule has 1 aliphatic heterocycles. The molecule has 6 heteroatoms. The highest BCUT2D eigenvalue weighted by atomic mass is 16.5.